The first-order chi connectivity index (χ1) is 11.3. The summed E-state index contributed by atoms with van der Waals surface area (Å²) in [5.74, 6) is 2.81. The monoisotopic (exact) mass is 311 g/mol. The van der Waals surface area contributed by atoms with Crippen LogP contribution in [0.1, 0.15) is 17.9 Å². The zero-order valence-electron chi connectivity index (χ0n) is 13.3. The standard InChI is InChI=1S/C19H21NO3/c1-20-10-9-16(14-5-3-2-4-6-14)19(12-20)23-15-7-8-17-18(11-15)22-13-21-17/h2-8,11,16,19H,9-10,12-13H2,1H3. The van der Waals surface area contributed by atoms with Crippen molar-refractivity contribution in [3.05, 3.63) is 54.1 Å². The molecule has 2 atom stereocenters. The van der Waals surface area contributed by atoms with Crippen molar-refractivity contribution < 1.29 is 14.2 Å². The second-order valence-electron chi connectivity index (χ2n) is 6.24. The van der Waals surface area contributed by atoms with E-state index in [0.717, 1.165) is 36.8 Å². The van der Waals surface area contributed by atoms with Crippen molar-refractivity contribution in [1.29, 1.82) is 0 Å². The average Bonchev–Trinajstić information content (AvgIpc) is 3.03. The van der Waals surface area contributed by atoms with Gasteiger partial charge in [-0.25, -0.2) is 0 Å². The van der Waals surface area contributed by atoms with E-state index in [1.165, 1.54) is 5.56 Å². The fourth-order valence-electron chi connectivity index (χ4n) is 3.40. The van der Waals surface area contributed by atoms with Gasteiger partial charge in [-0.2, -0.15) is 0 Å². The van der Waals surface area contributed by atoms with Crippen molar-refractivity contribution in [1.82, 2.24) is 4.90 Å². The third kappa shape index (κ3) is 2.99. The molecular formula is C19H21NO3. The highest BCUT2D eigenvalue weighted by atomic mass is 16.7. The molecule has 0 aromatic heterocycles. The minimum Gasteiger partial charge on any atom is -0.488 e. The average molecular weight is 311 g/mol. The summed E-state index contributed by atoms with van der Waals surface area (Å²) in [5, 5.41) is 0. The first kappa shape index (κ1) is 14.4. The number of nitrogens with zero attached hydrogens (tertiary/aromatic N) is 1. The van der Waals surface area contributed by atoms with Gasteiger partial charge >= 0.3 is 0 Å². The van der Waals surface area contributed by atoms with Gasteiger partial charge in [-0.1, -0.05) is 30.3 Å². The van der Waals surface area contributed by atoms with E-state index >= 15 is 0 Å². The normalized spacial score (nSPS) is 23.7. The van der Waals surface area contributed by atoms with E-state index in [1.54, 1.807) is 0 Å². The molecular weight excluding hydrogens is 290 g/mol. The van der Waals surface area contributed by atoms with Crippen LogP contribution in [-0.2, 0) is 0 Å². The minimum atomic E-state index is 0.136. The molecule has 1 saturated heterocycles. The summed E-state index contributed by atoms with van der Waals surface area (Å²) in [6.45, 7) is 2.31. The molecule has 0 saturated carbocycles. The van der Waals surface area contributed by atoms with E-state index in [1.807, 2.05) is 18.2 Å². The SMILES string of the molecule is CN1CCC(c2ccccc2)C(Oc2ccc3c(c2)OCO3)C1. The Labute approximate surface area is 136 Å². The topological polar surface area (TPSA) is 30.9 Å². The molecule has 4 heteroatoms. The summed E-state index contributed by atoms with van der Waals surface area (Å²) in [6.07, 6.45) is 1.24. The number of benzene rings is 2. The molecule has 23 heavy (non-hydrogen) atoms. The summed E-state index contributed by atoms with van der Waals surface area (Å²) < 4.78 is 17.2. The number of ether oxygens (including phenoxy) is 3. The minimum absolute atomic E-state index is 0.136. The third-order valence-corrected chi connectivity index (χ3v) is 4.62. The van der Waals surface area contributed by atoms with Gasteiger partial charge in [0.05, 0.1) is 0 Å². The summed E-state index contributed by atoms with van der Waals surface area (Å²) in [5.41, 5.74) is 1.35. The number of hydrogen-bond acceptors (Lipinski definition) is 4. The zero-order chi connectivity index (χ0) is 15.6. The van der Waals surface area contributed by atoms with Crippen LogP contribution >= 0.6 is 0 Å². The molecule has 2 aromatic carbocycles. The molecule has 4 rings (SSSR count). The number of hydrogen-bond donors (Lipinski definition) is 0. The maximum atomic E-state index is 6.34. The van der Waals surface area contributed by atoms with Crippen molar-refractivity contribution in [2.24, 2.45) is 0 Å². The van der Waals surface area contributed by atoms with Crippen LogP contribution in [0.5, 0.6) is 17.2 Å². The second kappa shape index (κ2) is 6.13. The number of rotatable bonds is 3. The molecule has 2 heterocycles. The lowest BCUT2D eigenvalue weighted by Gasteiger charge is -2.37. The van der Waals surface area contributed by atoms with Crippen LogP contribution in [-0.4, -0.2) is 37.9 Å². The quantitative estimate of drug-likeness (QED) is 0.870. The first-order valence-corrected chi connectivity index (χ1v) is 8.09. The number of likely N-dealkylation sites (tertiary alicyclic amines) is 1. The Hall–Kier alpha value is -2.20. The first-order valence-electron chi connectivity index (χ1n) is 8.09. The Morgan fingerprint density at radius 1 is 1.04 bits per heavy atom. The molecule has 0 N–H and O–H groups in total. The highest BCUT2D eigenvalue weighted by Crippen LogP contribution is 2.37. The highest BCUT2D eigenvalue weighted by molar-refractivity contribution is 5.47. The van der Waals surface area contributed by atoms with Crippen LogP contribution in [0.4, 0.5) is 0 Å². The van der Waals surface area contributed by atoms with E-state index in [4.69, 9.17) is 14.2 Å². The van der Waals surface area contributed by atoms with Gasteiger partial charge in [0.25, 0.3) is 0 Å². The zero-order valence-corrected chi connectivity index (χ0v) is 13.3. The lowest BCUT2D eigenvalue weighted by Crippen LogP contribution is -2.43. The fourth-order valence-corrected chi connectivity index (χ4v) is 3.40. The van der Waals surface area contributed by atoms with Gasteiger partial charge in [0, 0.05) is 18.5 Å². The maximum absolute atomic E-state index is 6.34. The summed E-state index contributed by atoms with van der Waals surface area (Å²) in [4.78, 5) is 2.33. The Bertz CT molecular complexity index is 674. The van der Waals surface area contributed by atoms with Gasteiger partial charge in [0.1, 0.15) is 11.9 Å². The number of likely N-dealkylation sites (N-methyl/N-ethyl adjacent to an activating group) is 1. The van der Waals surface area contributed by atoms with Crippen LogP contribution in [0, 0.1) is 0 Å². The van der Waals surface area contributed by atoms with E-state index in [-0.39, 0.29) is 12.9 Å². The van der Waals surface area contributed by atoms with Crippen LogP contribution in [0.25, 0.3) is 0 Å². The summed E-state index contributed by atoms with van der Waals surface area (Å²) in [6, 6.07) is 16.5. The second-order valence-corrected chi connectivity index (χ2v) is 6.24. The Morgan fingerprint density at radius 3 is 2.74 bits per heavy atom. The molecule has 2 aromatic rings. The molecule has 0 radical (unpaired) electrons. The highest BCUT2D eigenvalue weighted by Gasteiger charge is 2.31. The molecule has 4 nitrogen and oxygen atoms in total. The predicted molar refractivity (Wildman–Crippen MR) is 88.3 cm³/mol. The van der Waals surface area contributed by atoms with Crippen molar-refractivity contribution in [2.45, 2.75) is 18.4 Å². The maximum Gasteiger partial charge on any atom is 0.231 e. The molecule has 0 aliphatic carbocycles. The molecule has 120 valence electrons. The van der Waals surface area contributed by atoms with Crippen LogP contribution < -0.4 is 14.2 Å². The Morgan fingerprint density at radius 2 is 1.87 bits per heavy atom. The molecule has 0 bridgehead atoms. The summed E-state index contributed by atoms with van der Waals surface area (Å²) in [7, 11) is 2.15. The van der Waals surface area contributed by atoms with E-state index in [2.05, 4.69) is 42.3 Å². The summed E-state index contributed by atoms with van der Waals surface area (Å²) >= 11 is 0. The van der Waals surface area contributed by atoms with Crippen LogP contribution in [0.3, 0.4) is 0 Å². The van der Waals surface area contributed by atoms with Gasteiger partial charge in [0.2, 0.25) is 6.79 Å². The molecule has 2 aliphatic rings. The van der Waals surface area contributed by atoms with Crippen LogP contribution in [0.2, 0.25) is 0 Å². The van der Waals surface area contributed by atoms with Gasteiger partial charge < -0.3 is 19.1 Å². The third-order valence-electron chi connectivity index (χ3n) is 4.62. The lowest BCUT2D eigenvalue weighted by atomic mass is 9.87. The van der Waals surface area contributed by atoms with Crippen LogP contribution in [0.15, 0.2) is 48.5 Å². The van der Waals surface area contributed by atoms with Gasteiger partial charge in [-0.3, -0.25) is 0 Å². The smallest absolute Gasteiger partial charge is 0.231 e. The van der Waals surface area contributed by atoms with Crippen molar-refractivity contribution in [3.8, 4) is 17.2 Å². The van der Waals surface area contributed by atoms with E-state index < -0.39 is 0 Å². The molecule has 2 aliphatic heterocycles. The van der Waals surface area contributed by atoms with Crippen molar-refractivity contribution >= 4 is 0 Å². The van der Waals surface area contributed by atoms with E-state index in [9.17, 15) is 0 Å². The molecule has 1 fully saturated rings. The van der Waals surface area contributed by atoms with Crippen molar-refractivity contribution in [2.75, 3.05) is 26.9 Å². The predicted octanol–water partition coefficient (Wildman–Crippen LogP) is 3.28. The number of fused-ring (bicyclic) bond motifs is 1. The Kier molecular flexibility index (Phi) is 3.83. The fraction of sp³-hybridized carbons (Fsp3) is 0.368. The largest absolute Gasteiger partial charge is 0.488 e. The van der Waals surface area contributed by atoms with Gasteiger partial charge in [-0.15, -0.1) is 0 Å². The van der Waals surface area contributed by atoms with E-state index in [0.29, 0.717) is 5.92 Å². The van der Waals surface area contributed by atoms with Gasteiger partial charge in [-0.05, 0) is 37.7 Å². The molecule has 0 amide bonds. The lowest BCUT2D eigenvalue weighted by molar-refractivity contribution is 0.0829. The molecule has 2 unspecified atom stereocenters. The number of piperidine rings is 1. The Balaban J connectivity index is 1.56. The van der Waals surface area contributed by atoms with Gasteiger partial charge in [0.15, 0.2) is 11.5 Å². The van der Waals surface area contributed by atoms with Crippen molar-refractivity contribution in [3.63, 3.8) is 0 Å². The molecule has 0 spiro atoms.